The maximum absolute atomic E-state index is 5.38. The Bertz CT molecular complexity index is 223. The summed E-state index contributed by atoms with van der Waals surface area (Å²) in [6.45, 7) is 4.36. The van der Waals surface area contributed by atoms with E-state index < -0.39 is 0 Å². The van der Waals surface area contributed by atoms with E-state index in [-0.39, 0.29) is 0 Å². The molecule has 0 amide bonds. The Morgan fingerprint density at radius 1 is 1.36 bits per heavy atom. The molecule has 0 fully saturated rings. The highest BCUT2D eigenvalue weighted by Gasteiger charge is 1.96. The predicted molar refractivity (Wildman–Crippen MR) is 49.6 cm³/mol. The van der Waals surface area contributed by atoms with E-state index in [1.165, 1.54) is 0 Å². The fourth-order valence-corrected chi connectivity index (χ4v) is 1.14. The van der Waals surface area contributed by atoms with E-state index in [9.17, 15) is 0 Å². The molecule has 2 heteroatoms. The summed E-state index contributed by atoms with van der Waals surface area (Å²) in [7, 11) is 0. The van der Waals surface area contributed by atoms with Crippen LogP contribution < -0.4 is 4.74 Å². The summed E-state index contributed by atoms with van der Waals surface area (Å²) in [6, 6.07) is 7.79. The molecule has 0 heterocycles. The van der Waals surface area contributed by atoms with Gasteiger partial charge in [0.15, 0.2) is 0 Å². The van der Waals surface area contributed by atoms with Gasteiger partial charge in [0, 0.05) is 0 Å². The largest absolute Gasteiger partial charge is 0.492 e. The molecule has 59 valence electrons. The van der Waals surface area contributed by atoms with Crippen LogP contribution in [0, 0.1) is 6.92 Å². The van der Waals surface area contributed by atoms with Gasteiger partial charge in [0.2, 0.25) is 0 Å². The Hall–Kier alpha value is -0.500. The molecule has 0 atom stereocenters. The molecule has 0 saturated heterocycles. The van der Waals surface area contributed by atoms with E-state index in [1.807, 2.05) is 24.3 Å². The number of para-hydroxylation sites is 1. The van der Waals surface area contributed by atoms with Gasteiger partial charge in [-0.2, -0.15) is 0 Å². The second-order valence-electron chi connectivity index (χ2n) is 2.13. The Balaban J connectivity index is 2.62. The van der Waals surface area contributed by atoms with Crippen LogP contribution in [0.2, 0.25) is 0 Å². The van der Waals surface area contributed by atoms with E-state index >= 15 is 0 Å². The van der Waals surface area contributed by atoms with Crippen molar-refractivity contribution in [3.05, 3.63) is 35.7 Å². The first-order valence-electron chi connectivity index (χ1n) is 3.51. The minimum atomic E-state index is 0.669. The first-order valence-corrected chi connectivity index (χ1v) is 4.30. The van der Waals surface area contributed by atoms with E-state index in [4.69, 9.17) is 4.74 Å². The quantitative estimate of drug-likeness (QED) is 0.751. The van der Waals surface area contributed by atoms with Crippen LogP contribution in [0.5, 0.6) is 5.75 Å². The van der Waals surface area contributed by atoms with Gasteiger partial charge >= 0.3 is 0 Å². The standard InChI is InChI=1S/C9H10BrO/c1-2-7-11-9-6-4-3-5-8(9)10/h3-6H,1-2,7H2. The minimum Gasteiger partial charge on any atom is -0.492 e. The third-order valence-electron chi connectivity index (χ3n) is 1.24. The van der Waals surface area contributed by atoms with Crippen LogP contribution >= 0.6 is 15.9 Å². The number of hydrogen-bond donors (Lipinski definition) is 0. The number of rotatable bonds is 3. The molecule has 0 bridgehead atoms. The van der Waals surface area contributed by atoms with Gasteiger partial charge in [-0.25, -0.2) is 0 Å². The third-order valence-corrected chi connectivity index (χ3v) is 1.89. The highest BCUT2D eigenvalue weighted by molar-refractivity contribution is 9.10. The molecule has 1 rings (SSSR count). The van der Waals surface area contributed by atoms with Crippen molar-refractivity contribution in [3.63, 3.8) is 0 Å². The Morgan fingerprint density at radius 2 is 2.09 bits per heavy atom. The van der Waals surface area contributed by atoms with Crippen molar-refractivity contribution in [2.45, 2.75) is 6.42 Å². The van der Waals surface area contributed by atoms with Crippen LogP contribution in [0.25, 0.3) is 0 Å². The van der Waals surface area contributed by atoms with Crippen LogP contribution in [-0.2, 0) is 0 Å². The van der Waals surface area contributed by atoms with Crippen molar-refractivity contribution in [1.82, 2.24) is 0 Å². The summed E-state index contributed by atoms with van der Waals surface area (Å²) in [5.74, 6) is 0.885. The highest BCUT2D eigenvalue weighted by Crippen LogP contribution is 2.23. The first-order chi connectivity index (χ1) is 5.34. The molecule has 1 aromatic carbocycles. The van der Waals surface area contributed by atoms with Crippen molar-refractivity contribution in [2.75, 3.05) is 6.61 Å². The van der Waals surface area contributed by atoms with Gasteiger partial charge in [0.05, 0.1) is 11.1 Å². The minimum absolute atomic E-state index is 0.669. The maximum atomic E-state index is 5.38. The molecular weight excluding hydrogens is 204 g/mol. The third kappa shape index (κ3) is 2.54. The normalized spacial score (nSPS) is 9.64. The van der Waals surface area contributed by atoms with Gasteiger partial charge in [-0.3, -0.25) is 0 Å². The zero-order valence-electron chi connectivity index (χ0n) is 6.22. The molecule has 0 N–H and O–H groups in total. The molecule has 1 radical (unpaired) electrons. The van der Waals surface area contributed by atoms with Gasteiger partial charge in [0.1, 0.15) is 5.75 Å². The van der Waals surface area contributed by atoms with Crippen molar-refractivity contribution < 1.29 is 4.74 Å². The van der Waals surface area contributed by atoms with E-state index in [0.29, 0.717) is 6.61 Å². The van der Waals surface area contributed by atoms with Gasteiger partial charge < -0.3 is 4.74 Å². The summed E-state index contributed by atoms with van der Waals surface area (Å²) in [6.07, 6.45) is 0.793. The Labute approximate surface area is 75.5 Å². The Morgan fingerprint density at radius 3 is 2.73 bits per heavy atom. The lowest BCUT2D eigenvalue weighted by Gasteiger charge is -2.04. The summed E-state index contributed by atoms with van der Waals surface area (Å²) >= 11 is 3.38. The van der Waals surface area contributed by atoms with Crippen molar-refractivity contribution in [1.29, 1.82) is 0 Å². The number of hydrogen-bond acceptors (Lipinski definition) is 1. The summed E-state index contributed by atoms with van der Waals surface area (Å²) < 4.78 is 6.37. The van der Waals surface area contributed by atoms with Gasteiger partial charge in [-0.1, -0.05) is 12.1 Å². The molecule has 0 aliphatic heterocycles. The maximum Gasteiger partial charge on any atom is 0.133 e. The summed E-state index contributed by atoms with van der Waals surface area (Å²) in [5.41, 5.74) is 0. The number of benzene rings is 1. The lowest BCUT2D eigenvalue weighted by atomic mass is 10.3. The average Bonchev–Trinajstić information content (AvgIpc) is 2.03. The van der Waals surface area contributed by atoms with Crippen molar-refractivity contribution in [3.8, 4) is 5.75 Å². The van der Waals surface area contributed by atoms with Crippen LogP contribution in [-0.4, -0.2) is 6.61 Å². The van der Waals surface area contributed by atoms with Crippen LogP contribution in [0.4, 0.5) is 0 Å². The first kappa shape index (κ1) is 8.60. The van der Waals surface area contributed by atoms with Gasteiger partial charge in [-0.15, -0.1) is 0 Å². The smallest absolute Gasteiger partial charge is 0.133 e. The molecule has 1 nitrogen and oxygen atoms in total. The fraction of sp³-hybridized carbons (Fsp3) is 0.222. The molecule has 0 unspecified atom stereocenters. The predicted octanol–water partition coefficient (Wildman–Crippen LogP) is 3.05. The molecule has 0 aliphatic carbocycles. The zero-order chi connectivity index (χ0) is 8.10. The fourth-order valence-electron chi connectivity index (χ4n) is 0.744. The molecule has 0 aliphatic rings. The molecule has 0 aromatic heterocycles. The summed E-state index contributed by atoms with van der Waals surface area (Å²) in [4.78, 5) is 0. The highest BCUT2D eigenvalue weighted by atomic mass is 79.9. The average molecular weight is 214 g/mol. The molecule has 1 aromatic rings. The topological polar surface area (TPSA) is 9.23 Å². The van der Waals surface area contributed by atoms with E-state index in [2.05, 4.69) is 22.9 Å². The molecule has 0 spiro atoms. The Kier molecular flexibility index (Phi) is 3.43. The second-order valence-corrected chi connectivity index (χ2v) is 2.99. The lowest BCUT2D eigenvalue weighted by Crippen LogP contribution is -1.94. The summed E-state index contributed by atoms with van der Waals surface area (Å²) in [5, 5.41) is 0. The second kappa shape index (κ2) is 4.39. The van der Waals surface area contributed by atoms with Crippen molar-refractivity contribution in [2.24, 2.45) is 0 Å². The van der Waals surface area contributed by atoms with Crippen LogP contribution in [0.3, 0.4) is 0 Å². The SMILES string of the molecule is [CH2]CCOc1ccccc1Br. The van der Waals surface area contributed by atoms with E-state index in [1.54, 1.807) is 0 Å². The monoisotopic (exact) mass is 213 g/mol. The van der Waals surface area contributed by atoms with E-state index in [0.717, 1.165) is 16.6 Å². The number of ether oxygens (including phenoxy) is 1. The van der Waals surface area contributed by atoms with Crippen LogP contribution in [0.1, 0.15) is 6.42 Å². The number of halogens is 1. The van der Waals surface area contributed by atoms with Crippen LogP contribution in [0.15, 0.2) is 28.7 Å². The zero-order valence-corrected chi connectivity index (χ0v) is 7.80. The lowest BCUT2D eigenvalue weighted by molar-refractivity contribution is 0.322. The van der Waals surface area contributed by atoms with Crippen molar-refractivity contribution >= 4 is 15.9 Å². The van der Waals surface area contributed by atoms with Gasteiger partial charge in [-0.05, 0) is 41.4 Å². The van der Waals surface area contributed by atoms with Gasteiger partial charge in [0.25, 0.3) is 0 Å². The molecule has 0 saturated carbocycles. The molecular formula is C9H10BrO. The molecule has 11 heavy (non-hydrogen) atoms.